The van der Waals surface area contributed by atoms with Crippen LogP contribution in [-0.2, 0) is 28.6 Å². The summed E-state index contributed by atoms with van der Waals surface area (Å²) < 4.78 is 16.8. The van der Waals surface area contributed by atoms with E-state index < -0.39 is 6.10 Å². The van der Waals surface area contributed by atoms with Gasteiger partial charge in [0.2, 0.25) is 0 Å². The maximum Gasteiger partial charge on any atom is 0.306 e. The summed E-state index contributed by atoms with van der Waals surface area (Å²) in [7, 11) is 0. The van der Waals surface area contributed by atoms with Crippen molar-refractivity contribution in [3.63, 3.8) is 0 Å². The molecule has 0 amide bonds. The fourth-order valence-electron chi connectivity index (χ4n) is 7.67. The van der Waals surface area contributed by atoms with Gasteiger partial charge in [-0.1, -0.05) is 218 Å². The van der Waals surface area contributed by atoms with Crippen LogP contribution in [-0.4, -0.2) is 37.2 Å². The lowest BCUT2D eigenvalue weighted by Crippen LogP contribution is -2.30. The van der Waals surface area contributed by atoms with E-state index in [4.69, 9.17) is 14.2 Å². The summed E-state index contributed by atoms with van der Waals surface area (Å²) in [5.41, 5.74) is 0. The summed E-state index contributed by atoms with van der Waals surface area (Å²) in [5, 5.41) is 0. The third kappa shape index (κ3) is 46.9. The fraction of sp³-hybridized carbons (Fsp3) is 0.870. The molecule has 0 aromatic carbocycles. The standard InChI is InChI=1S/C54H100O6/c1-4-7-10-13-16-19-22-25-27-28-30-32-35-38-41-44-47-53(56)59-50-51(49-58-52(55)46-43-40-37-34-31-24-21-18-15-12-9-6-3)60-54(57)48-45-42-39-36-33-29-26-23-20-17-14-11-8-5-2/h23,26-28,51H,4-22,24-25,29-50H2,1-3H3/b26-23-,28-27-. The van der Waals surface area contributed by atoms with Crippen molar-refractivity contribution in [2.75, 3.05) is 13.2 Å². The smallest absolute Gasteiger partial charge is 0.306 e. The van der Waals surface area contributed by atoms with Crippen LogP contribution >= 0.6 is 0 Å². The average Bonchev–Trinajstić information content (AvgIpc) is 3.24. The summed E-state index contributed by atoms with van der Waals surface area (Å²) in [4.78, 5) is 37.9. The topological polar surface area (TPSA) is 78.9 Å². The van der Waals surface area contributed by atoms with Gasteiger partial charge in [-0.3, -0.25) is 14.4 Å². The van der Waals surface area contributed by atoms with Crippen molar-refractivity contribution in [1.29, 1.82) is 0 Å². The molecule has 0 fully saturated rings. The lowest BCUT2D eigenvalue weighted by Gasteiger charge is -2.18. The van der Waals surface area contributed by atoms with Crippen LogP contribution in [0, 0.1) is 0 Å². The second-order valence-corrected chi connectivity index (χ2v) is 17.8. The van der Waals surface area contributed by atoms with Gasteiger partial charge < -0.3 is 14.2 Å². The van der Waals surface area contributed by atoms with Crippen molar-refractivity contribution in [1.82, 2.24) is 0 Å². The van der Waals surface area contributed by atoms with Crippen LogP contribution in [0.3, 0.4) is 0 Å². The molecule has 0 aliphatic rings. The predicted molar refractivity (Wildman–Crippen MR) is 256 cm³/mol. The van der Waals surface area contributed by atoms with Gasteiger partial charge in [-0.25, -0.2) is 0 Å². The highest BCUT2D eigenvalue weighted by Gasteiger charge is 2.19. The molecule has 0 aromatic rings. The Morgan fingerprint density at radius 2 is 0.550 bits per heavy atom. The lowest BCUT2D eigenvalue weighted by molar-refractivity contribution is -0.167. The first-order valence-electron chi connectivity index (χ1n) is 26.3. The zero-order chi connectivity index (χ0) is 43.7. The van der Waals surface area contributed by atoms with Crippen molar-refractivity contribution >= 4 is 17.9 Å². The van der Waals surface area contributed by atoms with Gasteiger partial charge in [0.25, 0.3) is 0 Å². The molecule has 0 saturated heterocycles. The SMILES string of the molecule is CCCCCCC/C=C\CCCCCCCC(=O)OC(COC(=O)CCCCCCC/C=C\CCCCCCCCC)COC(=O)CCCCCCCCCCCCCC. The summed E-state index contributed by atoms with van der Waals surface area (Å²) in [6.07, 6.45) is 55.8. The highest BCUT2D eigenvalue weighted by Crippen LogP contribution is 2.15. The quantitative estimate of drug-likeness (QED) is 0.0263. The predicted octanol–water partition coefficient (Wildman–Crippen LogP) is 17.2. The number of unbranched alkanes of at least 4 members (excludes halogenated alkanes) is 33. The minimum Gasteiger partial charge on any atom is -0.462 e. The van der Waals surface area contributed by atoms with Crippen LogP contribution in [0.15, 0.2) is 24.3 Å². The maximum atomic E-state index is 12.8. The van der Waals surface area contributed by atoms with Gasteiger partial charge in [0, 0.05) is 19.3 Å². The minimum atomic E-state index is -0.773. The van der Waals surface area contributed by atoms with Crippen molar-refractivity contribution in [3.05, 3.63) is 24.3 Å². The number of rotatable bonds is 48. The number of allylic oxidation sites excluding steroid dienone is 4. The Balaban J connectivity index is 4.36. The van der Waals surface area contributed by atoms with Crippen LogP contribution in [0.2, 0.25) is 0 Å². The van der Waals surface area contributed by atoms with E-state index in [1.54, 1.807) is 0 Å². The molecule has 0 radical (unpaired) electrons. The largest absolute Gasteiger partial charge is 0.462 e. The van der Waals surface area contributed by atoms with Crippen molar-refractivity contribution in [3.8, 4) is 0 Å². The van der Waals surface area contributed by atoms with Crippen LogP contribution in [0.1, 0.15) is 284 Å². The molecule has 1 unspecified atom stereocenters. The van der Waals surface area contributed by atoms with Crippen LogP contribution in [0.4, 0.5) is 0 Å². The average molecular weight is 845 g/mol. The molecule has 6 heteroatoms. The van der Waals surface area contributed by atoms with Crippen molar-refractivity contribution in [2.45, 2.75) is 290 Å². The zero-order valence-corrected chi connectivity index (χ0v) is 40.2. The third-order valence-electron chi connectivity index (χ3n) is 11.7. The molecule has 0 bridgehead atoms. The monoisotopic (exact) mass is 845 g/mol. The van der Waals surface area contributed by atoms with Crippen LogP contribution < -0.4 is 0 Å². The van der Waals surface area contributed by atoms with Gasteiger partial charge >= 0.3 is 17.9 Å². The molecule has 0 spiro atoms. The molecule has 6 nitrogen and oxygen atoms in total. The zero-order valence-electron chi connectivity index (χ0n) is 40.2. The van der Waals surface area contributed by atoms with Gasteiger partial charge in [-0.05, 0) is 70.6 Å². The Hall–Kier alpha value is -2.11. The Bertz CT molecular complexity index is 973. The summed E-state index contributed by atoms with van der Waals surface area (Å²) in [6.45, 7) is 6.63. The van der Waals surface area contributed by atoms with E-state index >= 15 is 0 Å². The van der Waals surface area contributed by atoms with E-state index in [2.05, 4.69) is 45.1 Å². The molecule has 60 heavy (non-hydrogen) atoms. The number of esters is 3. The van der Waals surface area contributed by atoms with Gasteiger partial charge in [0.15, 0.2) is 6.10 Å². The second kappa shape index (κ2) is 49.5. The van der Waals surface area contributed by atoms with Crippen LogP contribution in [0.25, 0.3) is 0 Å². The summed E-state index contributed by atoms with van der Waals surface area (Å²) in [5.74, 6) is -0.878. The highest BCUT2D eigenvalue weighted by atomic mass is 16.6. The highest BCUT2D eigenvalue weighted by molar-refractivity contribution is 5.71. The van der Waals surface area contributed by atoms with E-state index in [0.29, 0.717) is 19.3 Å². The fourth-order valence-corrected chi connectivity index (χ4v) is 7.67. The first kappa shape index (κ1) is 57.9. The Morgan fingerprint density at radius 1 is 0.317 bits per heavy atom. The number of carbonyl (C=O) groups is 3. The number of carbonyl (C=O) groups excluding carboxylic acids is 3. The molecule has 0 aliphatic carbocycles. The number of hydrogen-bond acceptors (Lipinski definition) is 6. The molecular weight excluding hydrogens is 745 g/mol. The number of hydrogen-bond donors (Lipinski definition) is 0. The molecule has 1 atom stereocenters. The Morgan fingerprint density at radius 3 is 0.833 bits per heavy atom. The summed E-state index contributed by atoms with van der Waals surface area (Å²) in [6, 6.07) is 0. The van der Waals surface area contributed by atoms with Gasteiger partial charge in [0.1, 0.15) is 13.2 Å². The molecule has 0 aromatic heterocycles. The molecule has 0 saturated carbocycles. The number of ether oxygens (including phenoxy) is 3. The Kier molecular flexibility index (Phi) is 47.8. The van der Waals surface area contributed by atoms with Gasteiger partial charge in [0.05, 0.1) is 0 Å². The van der Waals surface area contributed by atoms with Gasteiger partial charge in [-0.2, -0.15) is 0 Å². The van der Waals surface area contributed by atoms with E-state index in [-0.39, 0.29) is 31.1 Å². The first-order valence-corrected chi connectivity index (χ1v) is 26.3. The van der Waals surface area contributed by atoms with Crippen molar-refractivity contribution in [2.24, 2.45) is 0 Å². The minimum absolute atomic E-state index is 0.0736. The molecule has 0 heterocycles. The maximum absolute atomic E-state index is 12.8. The second-order valence-electron chi connectivity index (χ2n) is 17.8. The lowest BCUT2D eigenvalue weighted by atomic mass is 10.0. The third-order valence-corrected chi connectivity index (χ3v) is 11.7. The van der Waals surface area contributed by atoms with E-state index in [1.165, 1.54) is 173 Å². The van der Waals surface area contributed by atoms with E-state index in [1.807, 2.05) is 0 Å². The van der Waals surface area contributed by atoms with Crippen molar-refractivity contribution < 1.29 is 28.6 Å². The van der Waals surface area contributed by atoms with E-state index in [0.717, 1.165) is 70.6 Å². The molecular formula is C54H100O6. The molecule has 0 aliphatic heterocycles. The first-order chi connectivity index (χ1) is 29.5. The summed E-state index contributed by atoms with van der Waals surface area (Å²) >= 11 is 0. The molecule has 0 N–H and O–H groups in total. The normalized spacial score (nSPS) is 12.1. The Labute approximate surface area is 373 Å². The van der Waals surface area contributed by atoms with E-state index in [9.17, 15) is 14.4 Å². The van der Waals surface area contributed by atoms with Crippen LogP contribution in [0.5, 0.6) is 0 Å². The molecule has 352 valence electrons. The van der Waals surface area contributed by atoms with Gasteiger partial charge in [-0.15, -0.1) is 0 Å². The molecule has 0 rings (SSSR count).